The first-order valence-corrected chi connectivity index (χ1v) is 6.23. The standard InChI is InChI=1S/C12H16Cl2N2O/c1-8(16-7-3-6-11(15)17)9-4-2-5-10(13)12(9)14/h2,4-5,8,16H,3,6-7H2,1H3,(H2,15,17). The molecule has 0 aliphatic rings. The molecule has 1 unspecified atom stereocenters. The van der Waals surface area contributed by atoms with E-state index in [1.165, 1.54) is 0 Å². The van der Waals surface area contributed by atoms with Crippen LogP contribution in [-0.4, -0.2) is 12.5 Å². The molecular formula is C12H16Cl2N2O. The average molecular weight is 275 g/mol. The van der Waals surface area contributed by atoms with Crippen LogP contribution in [0.5, 0.6) is 0 Å². The fraction of sp³-hybridized carbons (Fsp3) is 0.417. The Kier molecular flexibility index (Phi) is 5.75. The van der Waals surface area contributed by atoms with Gasteiger partial charge < -0.3 is 11.1 Å². The van der Waals surface area contributed by atoms with Gasteiger partial charge in [-0.1, -0.05) is 35.3 Å². The second-order valence-electron chi connectivity index (χ2n) is 3.89. The van der Waals surface area contributed by atoms with Crippen molar-refractivity contribution < 1.29 is 4.79 Å². The van der Waals surface area contributed by atoms with E-state index in [0.717, 1.165) is 12.0 Å². The van der Waals surface area contributed by atoms with Crippen LogP contribution in [-0.2, 0) is 4.79 Å². The van der Waals surface area contributed by atoms with Crippen molar-refractivity contribution in [3.8, 4) is 0 Å². The fourth-order valence-electron chi connectivity index (χ4n) is 1.55. The summed E-state index contributed by atoms with van der Waals surface area (Å²) in [6.07, 6.45) is 1.11. The fourth-order valence-corrected chi connectivity index (χ4v) is 2.02. The van der Waals surface area contributed by atoms with Gasteiger partial charge in [-0.3, -0.25) is 4.79 Å². The molecule has 0 heterocycles. The summed E-state index contributed by atoms with van der Waals surface area (Å²) < 4.78 is 0. The maximum atomic E-state index is 10.6. The first-order chi connectivity index (χ1) is 8.02. The van der Waals surface area contributed by atoms with Crippen molar-refractivity contribution in [1.82, 2.24) is 5.32 Å². The molecule has 5 heteroatoms. The van der Waals surface area contributed by atoms with Crippen LogP contribution in [0.4, 0.5) is 0 Å². The molecule has 1 atom stereocenters. The average Bonchev–Trinajstić information content (AvgIpc) is 2.27. The van der Waals surface area contributed by atoms with Crippen LogP contribution in [0, 0.1) is 0 Å². The minimum absolute atomic E-state index is 0.0917. The lowest BCUT2D eigenvalue weighted by Gasteiger charge is -2.16. The molecule has 17 heavy (non-hydrogen) atoms. The number of benzene rings is 1. The Morgan fingerprint density at radius 1 is 1.47 bits per heavy atom. The predicted molar refractivity (Wildman–Crippen MR) is 71.3 cm³/mol. The molecule has 1 amide bonds. The van der Waals surface area contributed by atoms with Crippen LogP contribution in [0.15, 0.2) is 18.2 Å². The van der Waals surface area contributed by atoms with Crippen LogP contribution in [0.1, 0.15) is 31.4 Å². The molecule has 0 aliphatic heterocycles. The van der Waals surface area contributed by atoms with Crippen molar-refractivity contribution in [3.63, 3.8) is 0 Å². The third-order valence-corrected chi connectivity index (χ3v) is 3.33. The van der Waals surface area contributed by atoms with Gasteiger partial charge in [-0.05, 0) is 31.5 Å². The van der Waals surface area contributed by atoms with E-state index in [2.05, 4.69) is 5.32 Å². The lowest BCUT2D eigenvalue weighted by Crippen LogP contribution is -2.22. The first-order valence-electron chi connectivity index (χ1n) is 5.48. The first kappa shape index (κ1) is 14.3. The molecule has 0 spiro atoms. The van der Waals surface area contributed by atoms with Gasteiger partial charge in [0.15, 0.2) is 0 Å². The molecule has 0 fully saturated rings. The quantitative estimate of drug-likeness (QED) is 0.784. The smallest absolute Gasteiger partial charge is 0.217 e. The van der Waals surface area contributed by atoms with Crippen molar-refractivity contribution in [2.45, 2.75) is 25.8 Å². The zero-order chi connectivity index (χ0) is 12.8. The van der Waals surface area contributed by atoms with E-state index in [-0.39, 0.29) is 11.9 Å². The number of hydrogen-bond donors (Lipinski definition) is 2. The number of halogens is 2. The SMILES string of the molecule is CC(NCCCC(N)=O)c1cccc(Cl)c1Cl. The van der Waals surface area contributed by atoms with Gasteiger partial charge in [-0.15, -0.1) is 0 Å². The van der Waals surface area contributed by atoms with Gasteiger partial charge in [0.1, 0.15) is 0 Å². The number of nitrogens with two attached hydrogens (primary N) is 1. The third-order valence-electron chi connectivity index (χ3n) is 2.50. The number of rotatable bonds is 6. The number of carbonyl (C=O) groups is 1. The summed E-state index contributed by atoms with van der Waals surface area (Å²) >= 11 is 12.0. The maximum Gasteiger partial charge on any atom is 0.217 e. The van der Waals surface area contributed by atoms with Crippen molar-refractivity contribution in [2.24, 2.45) is 5.73 Å². The topological polar surface area (TPSA) is 55.1 Å². The molecule has 0 saturated heterocycles. The largest absolute Gasteiger partial charge is 0.370 e. The molecular weight excluding hydrogens is 259 g/mol. The van der Waals surface area contributed by atoms with Gasteiger partial charge in [0, 0.05) is 12.5 Å². The van der Waals surface area contributed by atoms with Gasteiger partial charge in [-0.25, -0.2) is 0 Å². The summed E-state index contributed by atoms with van der Waals surface area (Å²) in [6, 6.07) is 5.65. The van der Waals surface area contributed by atoms with Crippen LogP contribution in [0.25, 0.3) is 0 Å². The molecule has 3 N–H and O–H groups in total. The van der Waals surface area contributed by atoms with E-state index in [1.54, 1.807) is 6.07 Å². The summed E-state index contributed by atoms with van der Waals surface area (Å²) in [5.41, 5.74) is 6.02. The van der Waals surface area contributed by atoms with E-state index in [0.29, 0.717) is 23.0 Å². The molecule has 0 bridgehead atoms. The Hall–Kier alpha value is -0.770. The zero-order valence-electron chi connectivity index (χ0n) is 9.67. The van der Waals surface area contributed by atoms with Crippen LogP contribution in [0.2, 0.25) is 10.0 Å². The highest BCUT2D eigenvalue weighted by Gasteiger charge is 2.10. The number of hydrogen-bond acceptors (Lipinski definition) is 2. The Morgan fingerprint density at radius 2 is 2.18 bits per heavy atom. The minimum atomic E-state index is -0.278. The van der Waals surface area contributed by atoms with Crippen LogP contribution in [0.3, 0.4) is 0 Å². The Labute approximate surface area is 111 Å². The lowest BCUT2D eigenvalue weighted by atomic mass is 10.1. The Bertz CT molecular complexity index is 396. The molecule has 3 nitrogen and oxygen atoms in total. The van der Waals surface area contributed by atoms with Gasteiger partial charge in [-0.2, -0.15) is 0 Å². The second kappa shape index (κ2) is 6.84. The highest BCUT2D eigenvalue weighted by atomic mass is 35.5. The monoisotopic (exact) mass is 274 g/mol. The molecule has 1 aromatic rings. The van der Waals surface area contributed by atoms with Gasteiger partial charge in [0.25, 0.3) is 0 Å². The predicted octanol–water partition coefficient (Wildman–Crippen LogP) is 2.91. The summed E-state index contributed by atoms with van der Waals surface area (Å²) in [5, 5.41) is 4.40. The molecule has 0 radical (unpaired) electrons. The van der Waals surface area contributed by atoms with Crippen LogP contribution < -0.4 is 11.1 Å². The molecule has 1 aromatic carbocycles. The van der Waals surface area contributed by atoms with E-state index in [4.69, 9.17) is 28.9 Å². The molecule has 0 saturated carbocycles. The molecule has 1 rings (SSSR count). The van der Waals surface area contributed by atoms with Gasteiger partial charge in [0.05, 0.1) is 10.0 Å². The van der Waals surface area contributed by atoms with E-state index in [9.17, 15) is 4.79 Å². The van der Waals surface area contributed by atoms with E-state index >= 15 is 0 Å². The van der Waals surface area contributed by atoms with Crippen molar-refractivity contribution in [1.29, 1.82) is 0 Å². The van der Waals surface area contributed by atoms with Crippen molar-refractivity contribution in [3.05, 3.63) is 33.8 Å². The minimum Gasteiger partial charge on any atom is -0.370 e. The molecule has 0 aromatic heterocycles. The zero-order valence-corrected chi connectivity index (χ0v) is 11.2. The Balaban J connectivity index is 2.49. The highest BCUT2D eigenvalue weighted by molar-refractivity contribution is 6.42. The number of carbonyl (C=O) groups excluding carboxylic acids is 1. The van der Waals surface area contributed by atoms with Crippen LogP contribution >= 0.6 is 23.2 Å². The van der Waals surface area contributed by atoms with Crippen molar-refractivity contribution >= 4 is 29.1 Å². The molecule has 0 aliphatic carbocycles. The van der Waals surface area contributed by atoms with Gasteiger partial charge >= 0.3 is 0 Å². The van der Waals surface area contributed by atoms with Crippen molar-refractivity contribution in [2.75, 3.05) is 6.54 Å². The number of primary amides is 1. The van der Waals surface area contributed by atoms with E-state index in [1.807, 2.05) is 19.1 Å². The Morgan fingerprint density at radius 3 is 2.82 bits per heavy atom. The number of nitrogens with one attached hydrogen (secondary N) is 1. The summed E-state index contributed by atoms with van der Waals surface area (Å²) in [4.78, 5) is 10.6. The van der Waals surface area contributed by atoms with Gasteiger partial charge in [0.2, 0.25) is 5.91 Å². The normalized spacial score (nSPS) is 12.4. The maximum absolute atomic E-state index is 10.6. The lowest BCUT2D eigenvalue weighted by molar-refractivity contribution is -0.118. The number of amides is 1. The van der Waals surface area contributed by atoms with E-state index < -0.39 is 0 Å². The summed E-state index contributed by atoms with van der Waals surface area (Å²) in [7, 11) is 0. The third kappa shape index (κ3) is 4.54. The summed E-state index contributed by atoms with van der Waals surface area (Å²) in [5.74, 6) is -0.278. The summed E-state index contributed by atoms with van der Waals surface area (Å²) in [6.45, 7) is 2.72. The molecule has 94 valence electrons. The highest BCUT2D eigenvalue weighted by Crippen LogP contribution is 2.29. The second-order valence-corrected chi connectivity index (χ2v) is 4.67.